The summed E-state index contributed by atoms with van der Waals surface area (Å²) in [5.41, 5.74) is 1.61. The van der Waals surface area contributed by atoms with Crippen LogP contribution in [0.5, 0.6) is 5.75 Å². The van der Waals surface area contributed by atoms with Crippen molar-refractivity contribution in [3.63, 3.8) is 0 Å². The van der Waals surface area contributed by atoms with E-state index < -0.39 is 17.8 Å². The third-order valence-electron chi connectivity index (χ3n) is 5.67. The topological polar surface area (TPSA) is 93.9 Å². The zero-order valence-electron chi connectivity index (χ0n) is 22.4. The number of ether oxygens (including phenoxy) is 2. The van der Waals surface area contributed by atoms with Crippen LogP contribution in [0, 0.1) is 0 Å². The molecule has 0 fully saturated rings. The Bertz CT molecular complexity index is 1250. The van der Waals surface area contributed by atoms with E-state index in [1.165, 1.54) is 23.3 Å². The summed E-state index contributed by atoms with van der Waals surface area (Å²) in [7, 11) is 3.16. The molecule has 0 spiro atoms. The number of unbranched alkanes of at least 4 members (excludes halogenated alkanes) is 1. The highest BCUT2D eigenvalue weighted by atomic mass is 19.4. The fraction of sp³-hybridized carbons (Fsp3) is 0.345. The van der Waals surface area contributed by atoms with Crippen molar-refractivity contribution in [2.24, 2.45) is 0 Å². The van der Waals surface area contributed by atoms with E-state index in [9.17, 15) is 22.8 Å². The van der Waals surface area contributed by atoms with Gasteiger partial charge in [0.25, 0.3) is 0 Å². The van der Waals surface area contributed by atoms with Crippen LogP contribution in [0.4, 0.5) is 18.0 Å². The van der Waals surface area contributed by atoms with Gasteiger partial charge in [-0.3, -0.25) is 4.79 Å². The van der Waals surface area contributed by atoms with Crippen LogP contribution in [0.25, 0.3) is 12.2 Å². The van der Waals surface area contributed by atoms with Crippen LogP contribution in [-0.4, -0.2) is 49.1 Å². The molecule has 1 heterocycles. The molecule has 2 amide bonds. The Kier molecular flexibility index (Phi) is 11.2. The number of aryl methyl sites for hydroxylation is 1. The van der Waals surface area contributed by atoms with Crippen LogP contribution in [0.3, 0.4) is 0 Å². The minimum Gasteiger partial charge on any atom is -0.487 e. The van der Waals surface area contributed by atoms with Crippen molar-refractivity contribution < 1.29 is 36.7 Å². The van der Waals surface area contributed by atoms with Gasteiger partial charge in [-0.1, -0.05) is 24.3 Å². The summed E-state index contributed by atoms with van der Waals surface area (Å²) in [6.07, 6.45) is 2.54. The average Bonchev–Trinajstić information content (AvgIpc) is 3.38. The molecule has 40 heavy (non-hydrogen) atoms. The standard InChI is InChI=1S/C29H32F3N3O5/c1-35(2)28(37)38-18-16-26(36)33-17-4-3-5-21-8-13-25(14-9-21)39-19-24-20-40-27(34-24)15-10-22-6-11-23(12-7-22)29(30,31)32/h6-15,20H,3-5,16-19H2,1-2H3,(H,33,36). The van der Waals surface area contributed by atoms with Gasteiger partial charge in [0.15, 0.2) is 0 Å². The van der Waals surface area contributed by atoms with Crippen molar-refractivity contribution in [3.05, 3.63) is 83.1 Å². The number of rotatable bonds is 13. The van der Waals surface area contributed by atoms with Gasteiger partial charge >= 0.3 is 12.3 Å². The minimum atomic E-state index is -4.37. The maximum absolute atomic E-state index is 12.7. The number of alkyl halides is 3. The van der Waals surface area contributed by atoms with Crippen molar-refractivity contribution in [2.75, 3.05) is 27.2 Å². The normalized spacial score (nSPS) is 11.4. The number of halogens is 3. The molecule has 0 aliphatic carbocycles. The molecule has 0 radical (unpaired) electrons. The molecule has 3 aromatic rings. The molecule has 11 heteroatoms. The molecule has 214 valence electrons. The predicted octanol–water partition coefficient (Wildman–Crippen LogP) is 5.97. The van der Waals surface area contributed by atoms with E-state index in [1.54, 1.807) is 26.2 Å². The molecule has 8 nitrogen and oxygen atoms in total. The maximum atomic E-state index is 12.7. The lowest BCUT2D eigenvalue weighted by molar-refractivity contribution is -0.137. The molecule has 0 saturated carbocycles. The molecular formula is C29H32F3N3O5. The van der Waals surface area contributed by atoms with Gasteiger partial charge in [-0.05, 0) is 60.7 Å². The first-order valence-corrected chi connectivity index (χ1v) is 12.7. The summed E-state index contributed by atoms with van der Waals surface area (Å²) >= 11 is 0. The first-order chi connectivity index (χ1) is 19.1. The second kappa shape index (κ2) is 14.8. The largest absolute Gasteiger partial charge is 0.487 e. The number of benzene rings is 2. The van der Waals surface area contributed by atoms with Gasteiger partial charge in [-0.15, -0.1) is 0 Å². The van der Waals surface area contributed by atoms with Crippen LogP contribution in [-0.2, 0) is 28.7 Å². The Morgan fingerprint density at radius 1 is 1.02 bits per heavy atom. The highest BCUT2D eigenvalue weighted by Gasteiger charge is 2.29. The number of hydrogen-bond donors (Lipinski definition) is 1. The minimum absolute atomic E-state index is 0.0536. The summed E-state index contributed by atoms with van der Waals surface area (Å²) in [6.45, 7) is 0.809. The smallest absolute Gasteiger partial charge is 0.416 e. The highest BCUT2D eigenvalue weighted by molar-refractivity contribution is 5.76. The summed E-state index contributed by atoms with van der Waals surface area (Å²) in [6, 6.07) is 12.5. The number of nitrogens with zero attached hydrogens (tertiary/aromatic N) is 2. The Hall–Kier alpha value is -4.28. The lowest BCUT2D eigenvalue weighted by Crippen LogP contribution is -2.28. The lowest BCUT2D eigenvalue weighted by atomic mass is 10.1. The van der Waals surface area contributed by atoms with Crippen molar-refractivity contribution >= 4 is 24.2 Å². The van der Waals surface area contributed by atoms with Crippen LogP contribution in [0.1, 0.15) is 47.5 Å². The molecule has 0 saturated heterocycles. The van der Waals surface area contributed by atoms with Gasteiger partial charge in [0.2, 0.25) is 11.8 Å². The van der Waals surface area contributed by atoms with E-state index >= 15 is 0 Å². The molecule has 1 N–H and O–H groups in total. The number of carbonyl (C=O) groups excluding carboxylic acids is 2. The van der Waals surface area contributed by atoms with Gasteiger partial charge in [0.05, 0.1) is 12.0 Å². The van der Waals surface area contributed by atoms with Crippen molar-refractivity contribution in [3.8, 4) is 5.75 Å². The Morgan fingerprint density at radius 2 is 1.75 bits per heavy atom. The molecule has 0 aliphatic heterocycles. The first kappa shape index (κ1) is 30.3. The zero-order valence-corrected chi connectivity index (χ0v) is 22.4. The summed E-state index contributed by atoms with van der Waals surface area (Å²) < 4.78 is 54.1. The fourth-order valence-electron chi connectivity index (χ4n) is 3.46. The number of nitrogens with one attached hydrogen (secondary N) is 1. The van der Waals surface area contributed by atoms with Gasteiger partial charge in [-0.25, -0.2) is 9.78 Å². The lowest BCUT2D eigenvalue weighted by Gasteiger charge is -2.11. The van der Waals surface area contributed by atoms with Crippen LogP contribution < -0.4 is 10.1 Å². The maximum Gasteiger partial charge on any atom is 0.416 e. The van der Waals surface area contributed by atoms with Crippen LogP contribution in [0.15, 0.2) is 59.2 Å². The zero-order chi connectivity index (χ0) is 29.0. The SMILES string of the molecule is CN(C)C(=O)OCCC(=O)NCCCCc1ccc(OCc2coc(C=Cc3ccc(C(F)(F)F)cc3)n2)cc1. The first-order valence-electron chi connectivity index (χ1n) is 12.7. The second-order valence-corrected chi connectivity index (χ2v) is 9.13. The Balaban J connectivity index is 1.32. The van der Waals surface area contributed by atoms with Crippen LogP contribution in [0.2, 0.25) is 0 Å². The summed E-state index contributed by atoms with van der Waals surface area (Å²) in [5.74, 6) is 0.844. The average molecular weight is 560 g/mol. The third kappa shape index (κ3) is 10.5. The van der Waals surface area contributed by atoms with Crippen molar-refractivity contribution in [1.82, 2.24) is 15.2 Å². The predicted molar refractivity (Wildman–Crippen MR) is 143 cm³/mol. The quantitative estimate of drug-likeness (QED) is 0.260. The van der Waals surface area contributed by atoms with E-state index in [1.807, 2.05) is 24.3 Å². The third-order valence-corrected chi connectivity index (χ3v) is 5.67. The fourth-order valence-corrected chi connectivity index (χ4v) is 3.46. The number of amides is 2. The van der Waals surface area contributed by atoms with E-state index in [0.717, 1.165) is 37.0 Å². The molecule has 0 atom stereocenters. The monoisotopic (exact) mass is 559 g/mol. The second-order valence-electron chi connectivity index (χ2n) is 9.13. The highest BCUT2D eigenvalue weighted by Crippen LogP contribution is 2.29. The molecule has 2 aromatic carbocycles. The molecular weight excluding hydrogens is 527 g/mol. The molecule has 0 unspecified atom stereocenters. The molecule has 1 aromatic heterocycles. The van der Waals surface area contributed by atoms with Crippen LogP contribution >= 0.6 is 0 Å². The summed E-state index contributed by atoms with van der Waals surface area (Å²) in [5, 5.41) is 2.82. The van der Waals surface area contributed by atoms with E-state index in [-0.39, 0.29) is 25.5 Å². The van der Waals surface area contributed by atoms with Crippen molar-refractivity contribution in [1.29, 1.82) is 0 Å². The van der Waals surface area contributed by atoms with E-state index in [4.69, 9.17) is 13.9 Å². The van der Waals surface area contributed by atoms with E-state index in [2.05, 4.69) is 10.3 Å². The Labute approximate surface area is 230 Å². The summed E-state index contributed by atoms with van der Waals surface area (Å²) in [4.78, 5) is 28.7. The number of carbonyl (C=O) groups is 2. The van der Waals surface area contributed by atoms with E-state index in [0.29, 0.717) is 29.4 Å². The number of hydrogen-bond acceptors (Lipinski definition) is 6. The number of aromatic nitrogens is 1. The Morgan fingerprint density at radius 3 is 2.42 bits per heavy atom. The molecule has 3 rings (SSSR count). The van der Waals surface area contributed by atoms with Gasteiger partial charge in [0.1, 0.15) is 30.9 Å². The molecule has 0 aliphatic rings. The van der Waals surface area contributed by atoms with Crippen molar-refractivity contribution in [2.45, 2.75) is 38.5 Å². The van der Waals surface area contributed by atoms with Gasteiger partial charge < -0.3 is 24.1 Å². The molecule has 0 bridgehead atoms. The number of oxazole rings is 1. The van der Waals surface area contributed by atoms with Gasteiger partial charge in [0, 0.05) is 26.7 Å². The van der Waals surface area contributed by atoms with Gasteiger partial charge in [-0.2, -0.15) is 13.2 Å².